The molecule has 2 nitrogen and oxygen atoms in total. The van der Waals surface area contributed by atoms with Crippen LogP contribution in [0.25, 0.3) is 21.2 Å². The van der Waals surface area contributed by atoms with Crippen molar-refractivity contribution in [3.8, 4) is 11.1 Å². The molecule has 2 aliphatic carbocycles. The Morgan fingerprint density at radius 2 is 1.20 bits per heavy atom. The van der Waals surface area contributed by atoms with Gasteiger partial charge in [-0.25, -0.2) is 0 Å². The molecule has 0 bridgehead atoms. The summed E-state index contributed by atoms with van der Waals surface area (Å²) in [7, 11) is -0.608. The van der Waals surface area contributed by atoms with Crippen LogP contribution in [0, 0.1) is 6.92 Å². The smallest absolute Gasteiger partial charge is 0.264 e. The second kappa shape index (κ2) is 13.2. The largest absolute Gasteiger partial charge is 0.311 e. The van der Waals surface area contributed by atoms with Gasteiger partial charge < -0.3 is 9.80 Å². The summed E-state index contributed by atoms with van der Waals surface area (Å²) >= 11 is 2.04. The fraction of sp³-hybridized carbons (Fsp3) is 0.356. The Balaban J connectivity index is 1.22. The predicted molar refractivity (Wildman–Crippen MR) is 283 cm³/mol. The van der Waals surface area contributed by atoms with Crippen LogP contribution in [0.5, 0.6) is 0 Å². The van der Waals surface area contributed by atoms with Crippen LogP contribution in [-0.4, -0.2) is 16.2 Å². The lowest BCUT2D eigenvalue weighted by Crippen LogP contribution is -2.61. The first kappa shape index (κ1) is 40.7. The minimum Gasteiger partial charge on any atom is -0.311 e. The van der Waals surface area contributed by atoms with Crippen molar-refractivity contribution >= 4 is 97.9 Å². The van der Waals surface area contributed by atoms with E-state index in [1.807, 2.05) is 11.3 Å². The molecule has 0 amide bonds. The topological polar surface area (TPSA) is 6.48 Å². The van der Waals surface area contributed by atoms with Gasteiger partial charge in [0.05, 0.1) is 20.9 Å². The highest BCUT2D eigenvalue weighted by molar-refractivity contribution is 7.33. The number of aryl methyl sites for hydroxylation is 1. The first-order chi connectivity index (χ1) is 30.2. The summed E-state index contributed by atoms with van der Waals surface area (Å²) in [6, 6.07) is 41.9. The molecule has 0 radical (unpaired) electrons. The number of thiophene rings is 1. The molecule has 0 unspecified atom stereocenters. The van der Waals surface area contributed by atoms with Crippen LogP contribution in [0.4, 0.5) is 34.1 Å². The highest BCUT2D eigenvalue weighted by Crippen LogP contribution is 2.54. The van der Waals surface area contributed by atoms with E-state index in [0.717, 1.165) is 0 Å². The lowest BCUT2D eigenvalue weighted by Gasteiger charge is -2.47. The molecule has 0 atom stereocenters. The van der Waals surface area contributed by atoms with Crippen molar-refractivity contribution in [3.05, 3.63) is 137 Å². The van der Waals surface area contributed by atoms with E-state index in [0.29, 0.717) is 0 Å². The molecule has 4 heterocycles. The lowest BCUT2D eigenvalue weighted by atomic mass is 9.35. The van der Waals surface area contributed by atoms with Crippen molar-refractivity contribution < 1.29 is 0 Å². The van der Waals surface area contributed by atoms with Crippen LogP contribution in [0.3, 0.4) is 0 Å². The molecule has 6 aromatic carbocycles. The number of nitrogens with zero attached hydrogens (tertiary/aromatic N) is 2. The Labute approximate surface area is 389 Å². The SMILES string of the molecule is Cc1cc2c3c(c1)N(c1cccc4c1-c1ccccc1[SiH2]4)c1c(sc4ccc(C(C)(C)C)cc14)B3c1cc3c(cc1N2c1ccc2c(c1)C(C)(C)CCC2(C)C)C(C)(C)CCC3(C)C. The van der Waals surface area contributed by atoms with E-state index in [9.17, 15) is 0 Å². The van der Waals surface area contributed by atoms with Crippen LogP contribution < -0.4 is 35.9 Å². The van der Waals surface area contributed by atoms with Gasteiger partial charge in [-0.15, -0.1) is 11.3 Å². The van der Waals surface area contributed by atoms with E-state index in [4.69, 9.17) is 0 Å². The van der Waals surface area contributed by atoms with E-state index in [-0.39, 0.29) is 33.8 Å². The molecule has 7 aromatic rings. The number of benzene rings is 6. The van der Waals surface area contributed by atoms with Gasteiger partial charge in [-0.2, -0.15) is 0 Å². The molecular weight excluding hydrogens is 808 g/mol. The van der Waals surface area contributed by atoms with Crippen LogP contribution in [-0.2, 0) is 27.1 Å². The van der Waals surface area contributed by atoms with E-state index in [1.165, 1.54) is 130 Å². The standard InChI is InChI=1S/C59H63BN2SSi/c1-34-28-46-52-47(29-34)62(44-17-15-19-50-51(44)37-16-13-14-18-49(37)64-50)53-38-30-35(55(2,3)4)20-23-48(38)63-54(53)60(52)43-32-41-42(59(11,12)27-26-58(41,9)10)33-45(43)61(46)36-21-22-39-40(31-36)57(7,8)25-24-56(39,5)6/h13-23,28-33H,24-27,64H2,1-12H3. The molecule has 0 N–H and O–H groups in total. The molecule has 0 spiro atoms. The zero-order valence-corrected chi connectivity index (χ0v) is 42.5. The zero-order valence-electron chi connectivity index (χ0n) is 40.2. The van der Waals surface area contributed by atoms with Crippen molar-refractivity contribution in [2.75, 3.05) is 9.80 Å². The second-order valence-corrected chi connectivity index (χ2v) is 26.9. The summed E-state index contributed by atoms with van der Waals surface area (Å²) in [4.78, 5) is 5.48. The molecule has 1 aromatic heterocycles. The van der Waals surface area contributed by atoms with Crippen molar-refractivity contribution in [3.63, 3.8) is 0 Å². The van der Waals surface area contributed by atoms with Crippen molar-refractivity contribution in [1.29, 1.82) is 0 Å². The molecule has 12 rings (SSSR count). The van der Waals surface area contributed by atoms with Gasteiger partial charge in [0.15, 0.2) is 0 Å². The monoisotopic (exact) mass is 870 g/mol. The van der Waals surface area contributed by atoms with E-state index in [1.54, 1.807) is 10.4 Å². The fourth-order valence-corrected chi connectivity index (χ4v) is 16.0. The van der Waals surface area contributed by atoms with Gasteiger partial charge in [0.2, 0.25) is 0 Å². The molecule has 322 valence electrons. The van der Waals surface area contributed by atoms with Gasteiger partial charge in [0.1, 0.15) is 0 Å². The average molecular weight is 871 g/mol. The van der Waals surface area contributed by atoms with E-state index in [2.05, 4.69) is 196 Å². The minimum atomic E-state index is -0.608. The van der Waals surface area contributed by atoms with Gasteiger partial charge in [-0.05, 0) is 158 Å². The predicted octanol–water partition coefficient (Wildman–Crippen LogP) is 12.4. The molecule has 3 aliphatic heterocycles. The Hall–Kier alpha value is -4.84. The summed E-state index contributed by atoms with van der Waals surface area (Å²) < 4.78 is 2.85. The molecule has 0 saturated carbocycles. The lowest BCUT2D eigenvalue weighted by molar-refractivity contribution is 0.332. The van der Waals surface area contributed by atoms with Crippen molar-refractivity contribution in [1.82, 2.24) is 0 Å². The second-order valence-electron chi connectivity index (χ2n) is 24.0. The molecule has 5 heteroatoms. The first-order valence-electron chi connectivity index (χ1n) is 24.1. The quantitative estimate of drug-likeness (QED) is 0.160. The number of hydrogen-bond acceptors (Lipinski definition) is 3. The Bertz CT molecular complexity index is 3170. The Morgan fingerprint density at radius 1 is 0.578 bits per heavy atom. The summed E-state index contributed by atoms with van der Waals surface area (Å²) in [6.45, 7) is 29.4. The molecular formula is C59H63BN2SSi. The average Bonchev–Trinajstić information content (AvgIpc) is 3.82. The number of hydrogen-bond donors (Lipinski definition) is 0. The number of rotatable bonds is 2. The third-order valence-corrected chi connectivity index (χ3v) is 20.0. The highest BCUT2D eigenvalue weighted by Gasteiger charge is 2.49. The number of fused-ring (bicyclic) bond motifs is 11. The maximum Gasteiger partial charge on any atom is 0.264 e. The molecule has 5 aliphatic rings. The third kappa shape index (κ3) is 5.68. The van der Waals surface area contributed by atoms with Crippen LogP contribution in [0.1, 0.15) is 135 Å². The maximum absolute atomic E-state index is 2.76. The fourth-order valence-electron chi connectivity index (χ4n) is 12.7. The van der Waals surface area contributed by atoms with Crippen molar-refractivity contribution in [2.24, 2.45) is 0 Å². The molecule has 64 heavy (non-hydrogen) atoms. The summed E-state index contributed by atoms with van der Waals surface area (Å²) in [6.07, 6.45) is 4.79. The van der Waals surface area contributed by atoms with Gasteiger partial charge in [0.25, 0.3) is 6.71 Å². The number of anilines is 6. The summed E-state index contributed by atoms with van der Waals surface area (Å²) in [5, 5.41) is 4.50. The van der Waals surface area contributed by atoms with E-state index < -0.39 is 9.52 Å². The van der Waals surface area contributed by atoms with Gasteiger partial charge in [0, 0.05) is 43.2 Å². The van der Waals surface area contributed by atoms with Crippen molar-refractivity contribution in [2.45, 2.75) is 136 Å². The van der Waals surface area contributed by atoms with Crippen LogP contribution in [0.2, 0.25) is 0 Å². The first-order valence-corrected chi connectivity index (χ1v) is 26.3. The van der Waals surface area contributed by atoms with E-state index >= 15 is 0 Å². The Morgan fingerprint density at radius 3 is 1.91 bits per heavy atom. The minimum absolute atomic E-state index is 0.0246. The molecule has 0 saturated heterocycles. The summed E-state index contributed by atoms with van der Waals surface area (Å²) in [5.41, 5.74) is 23.0. The normalized spacial score (nSPS) is 19.4. The zero-order chi connectivity index (χ0) is 44.6. The van der Waals surface area contributed by atoms with Gasteiger partial charge in [-0.1, -0.05) is 141 Å². The Kier molecular flexibility index (Phi) is 8.36. The highest BCUT2D eigenvalue weighted by atomic mass is 32.1. The van der Waals surface area contributed by atoms with Gasteiger partial charge in [-0.3, -0.25) is 0 Å². The van der Waals surface area contributed by atoms with Crippen LogP contribution >= 0.6 is 11.3 Å². The molecule has 0 fully saturated rings. The summed E-state index contributed by atoms with van der Waals surface area (Å²) in [5.74, 6) is 0. The van der Waals surface area contributed by atoms with Crippen LogP contribution in [0.15, 0.2) is 103 Å². The maximum atomic E-state index is 2.76. The third-order valence-electron chi connectivity index (χ3n) is 16.8. The van der Waals surface area contributed by atoms with Gasteiger partial charge >= 0.3 is 0 Å².